The van der Waals surface area contributed by atoms with Gasteiger partial charge in [0, 0.05) is 24.9 Å². The molecule has 84 valence electrons. The number of alkyl halides is 2. The molecular weight excluding hydrogens is 202 g/mol. The lowest BCUT2D eigenvalue weighted by Crippen LogP contribution is -2.40. The van der Waals surface area contributed by atoms with E-state index in [-0.39, 0.29) is 18.9 Å². The van der Waals surface area contributed by atoms with Gasteiger partial charge in [-0.05, 0) is 13.3 Å². The third-order valence-electron chi connectivity index (χ3n) is 2.82. The van der Waals surface area contributed by atoms with Crippen LogP contribution in [0.2, 0.25) is 0 Å². The highest BCUT2D eigenvalue weighted by atomic mass is 19.3. The summed E-state index contributed by atoms with van der Waals surface area (Å²) in [7, 11) is 0. The van der Waals surface area contributed by atoms with Crippen molar-refractivity contribution < 1.29 is 8.78 Å². The Kier molecular flexibility index (Phi) is 2.46. The van der Waals surface area contributed by atoms with Crippen molar-refractivity contribution in [2.45, 2.75) is 44.2 Å². The summed E-state index contributed by atoms with van der Waals surface area (Å²) < 4.78 is 28.3. The van der Waals surface area contributed by atoms with E-state index in [2.05, 4.69) is 10.2 Å². The van der Waals surface area contributed by atoms with Crippen molar-refractivity contribution >= 4 is 0 Å². The molecule has 1 aromatic heterocycles. The summed E-state index contributed by atoms with van der Waals surface area (Å²) in [4.78, 5) is 0. The van der Waals surface area contributed by atoms with E-state index in [0.29, 0.717) is 12.2 Å². The quantitative estimate of drug-likeness (QED) is 0.769. The van der Waals surface area contributed by atoms with Crippen molar-refractivity contribution in [1.82, 2.24) is 14.8 Å². The predicted molar refractivity (Wildman–Crippen MR) is 50.6 cm³/mol. The van der Waals surface area contributed by atoms with E-state index < -0.39 is 12.0 Å². The Hall–Kier alpha value is -1.04. The molecule has 1 saturated carbocycles. The van der Waals surface area contributed by atoms with Gasteiger partial charge >= 0.3 is 0 Å². The molecule has 2 rings (SSSR count). The molecule has 2 atom stereocenters. The highest BCUT2D eigenvalue weighted by molar-refractivity contribution is 4.93. The summed E-state index contributed by atoms with van der Waals surface area (Å²) in [6.45, 7) is 1.76. The number of nitrogens with zero attached hydrogens (tertiary/aromatic N) is 3. The molecule has 15 heavy (non-hydrogen) atoms. The van der Waals surface area contributed by atoms with Gasteiger partial charge in [-0.1, -0.05) is 0 Å². The van der Waals surface area contributed by atoms with E-state index in [1.54, 1.807) is 11.5 Å². The number of nitrogens with two attached hydrogens (primary N) is 1. The van der Waals surface area contributed by atoms with Crippen LogP contribution < -0.4 is 5.73 Å². The molecule has 1 aliphatic rings. The second-order valence-corrected chi connectivity index (χ2v) is 4.20. The number of aromatic nitrogens is 3. The minimum absolute atomic E-state index is 0.167. The lowest BCUT2D eigenvalue weighted by Gasteiger charge is -2.33. The first-order chi connectivity index (χ1) is 6.98. The van der Waals surface area contributed by atoms with E-state index in [4.69, 9.17) is 5.73 Å². The van der Waals surface area contributed by atoms with Crippen LogP contribution in [0.15, 0.2) is 6.33 Å². The minimum Gasteiger partial charge on any atom is -0.327 e. The highest BCUT2D eigenvalue weighted by Crippen LogP contribution is 2.38. The molecule has 0 saturated heterocycles. The topological polar surface area (TPSA) is 56.7 Å². The van der Waals surface area contributed by atoms with Crippen LogP contribution in [0.5, 0.6) is 0 Å². The van der Waals surface area contributed by atoms with Gasteiger partial charge in [-0.3, -0.25) is 0 Å². The molecule has 6 heteroatoms. The maximum absolute atomic E-state index is 13.3. The van der Waals surface area contributed by atoms with Crippen molar-refractivity contribution in [2.75, 3.05) is 0 Å². The Bertz CT molecular complexity index is 350. The Morgan fingerprint density at radius 2 is 2.27 bits per heavy atom. The average Bonchev–Trinajstić information content (AvgIpc) is 2.47. The van der Waals surface area contributed by atoms with Crippen LogP contribution in [0.1, 0.15) is 31.1 Å². The van der Waals surface area contributed by atoms with E-state index in [1.807, 2.05) is 0 Å². The van der Waals surface area contributed by atoms with Crippen LogP contribution in [0.3, 0.4) is 0 Å². The number of rotatable bonds is 1. The van der Waals surface area contributed by atoms with Gasteiger partial charge < -0.3 is 10.3 Å². The van der Waals surface area contributed by atoms with Crippen LogP contribution in [-0.2, 0) is 0 Å². The number of halogens is 2. The van der Waals surface area contributed by atoms with Gasteiger partial charge in [0.15, 0.2) is 0 Å². The van der Waals surface area contributed by atoms with E-state index in [1.165, 1.54) is 6.33 Å². The fourth-order valence-electron chi connectivity index (χ4n) is 2.20. The smallest absolute Gasteiger partial charge is 0.251 e. The highest BCUT2D eigenvalue weighted by Gasteiger charge is 2.40. The molecule has 1 heterocycles. The van der Waals surface area contributed by atoms with Gasteiger partial charge in [-0.15, -0.1) is 10.2 Å². The molecule has 0 radical (unpaired) electrons. The van der Waals surface area contributed by atoms with Crippen LogP contribution in [0.4, 0.5) is 8.78 Å². The summed E-state index contributed by atoms with van der Waals surface area (Å²) >= 11 is 0. The summed E-state index contributed by atoms with van der Waals surface area (Å²) in [5.41, 5.74) is 5.62. The Morgan fingerprint density at radius 1 is 1.53 bits per heavy atom. The SMILES string of the molecule is Cc1nncn1C1C[C@H](N)CC(F)(F)C1. The second kappa shape index (κ2) is 3.52. The first-order valence-corrected chi connectivity index (χ1v) is 4.97. The summed E-state index contributed by atoms with van der Waals surface area (Å²) in [5, 5.41) is 7.49. The standard InChI is InChI=1S/C9H14F2N4/c1-6-14-13-5-15(6)8-2-7(12)3-9(10,11)4-8/h5,7-8H,2-4,12H2,1H3/t7-,8?/m0/s1. The lowest BCUT2D eigenvalue weighted by atomic mass is 9.88. The molecule has 1 aliphatic carbocycles. The number of hydrogen-bond donors (Lipinski definition) is 1. The van der Waals surface area contributed by atoms with E-state index in [0.717, 1.165) is 0 Å². The molecule has 1 fully saturated rings. The molecule has 2 N–H and O–H groups in total. The second-order valence-electron chi connectivity index (χ2n) is 4.20. The molecule has 0 spiro atoms. The minimum atomic E-state index is -2.67. The summed E-state index contributed by atoms with van der Waals surface area (Å²) in [6.07, 6.45) is 1.67. The van der Waals surface area contributed by atoms with Gasteiger partial charge in [-0.2, -0.15) is 0 Å². The van der Waals surface area contributed by atoms with Crippen LogP contribution in [-0.4, -0.2) is 26.7 Å². The van der Waals surface area contributed by atoms with Crippen LogP contribution in [0.25, 0.3) is 0 Å². The summed E-state index contributed by atoms with van der Waals surface area (Å²) in [6, 6.07) is -0.723. The zero-order valence-corrected chi connectivity index (χ0v) is 8.53. The third kappa shape index (κ3) is 2.14. The predicted octanol–water partition coefficient (Wildman–Crippen LogP) is 1.27. The molecule has 0 aliphatic heterocycles. The number of aryl methyl sites for hydroxylation is 1. The first kappa shape index (κ1) is 10.5. The van der Waals surface area contributed by atoms with Gasteiger partial charge in [0.1, 0.15) is 12.2 Å². The molecule has 0 amide bonds. The summed E-state index contributed by atoms with van der Waals surface area (Å²) in [5.74, 6) is -2.01. The van der Waals surface area contributed by atoms with Crippen molar-refractivity contribution in [2.24, 2.45) is 5.73 Å². The Balaban J connectivity index is 2.20. The van der Waals surface area contributed by atoms with Crippen molar-refractivity contribution in [3.8, 4) is 0 Å². The Labute approximate surface area is 86.5 Å². The van der Waals surface area contributed by atoms with Gasteiger partial charge in [-0.25, -0.2) is 8.78 Å². The molecular formula is C9H14F2N4. The fourth-order valence-corrected chi connectivity index (χ4v) is 2.20. The molecule has 1 unspecified atom stereocenters. The Morgan fingerprint density at radius 3 is 2.80 bits per heavy atom. The molecule has 4 nitrogen and oxygen atoms in total. The first-order valence-electron chi connectivity index (χ1n) is 4.97. The maximum atomic E-state index is 13.3. The lowest BCUT2D eigenvalue weighted by molar-refractivity contribution is -0.0560. The normalized spacial score (nSPS) is 30.4. The van der Waals surface area contributed by atoms with E-state index in [9.17, 15) is 8.78 Å². The van der Waals surface area contributed by atoms with Crippen molar-refractivity contribution in [1.29, 1.82) is 0 Å². The molecule has 1 aromatic rings. The van der Waals surface area contributed by atoms with Gasteiger partial charge in [0.25, 0.3) is 5.92 Å². The van der Waals surface area contributed by atoms with Crippen LogP contribution >= 0.6 is 0 Å². The van der Waals surface area contributed by atoms with Gasteiger partial charge in [0.05, 0.1) is 0 Å². The largest absolute Gasteiger partial charge is 0.327 e. The maximum Gasteiger partial charge on any atom is 0.251 e. The monoisotopic (exact) mass is 216 g/mol. The van der Waals surface area contributed by atoms with Crippen LogP contribution in [0, 0.1) is 6.92 Å². The van der Waals surface area contributed by atoms with Crippen molar-refractivity contribution in [3.63, 3.8) is 0 Å². The average molecular weight is 216 g/mol. The molecule has 0 aromatic carbocycles. The van der Waals surface area contributed by atoms with Crippen molar-refractivity contribution in [3.05, 3.63) is 12.2 Å². The zero-order chi connectivity index (χ0) is 11.1. The van der Waals surface area contributed by atoms with Gasteiger partial charge in [0.2, 0.25) is 0 Å². The fraction of sp³-hybridized carbons (Fsp3) is 0.778. The number of hydrogen-bond acceptors (Lipinski definition) is 3. The molecule has 0 bridgehead atoms. The van der Waals surface area contributed by atoms with E-state index >= 15 is 0 Å². The zero-order valence-electron chi connectivity index (χ0n) is 8.53. The third-order valence-corrected chi connectivity index (χ3v) is 2.82.